The lowest BCUT2D eigenvalue weighted by atomic mass is 9.99. The molecular formula is C40H23N7O6S3. The van der Waals surface area contributed by atoms with Crippen molar-refractivity contribution in [3.05, 3.63) is 119 Å². The van der Waals surface area contributed by atoms with Crippen molar-refractivity contribution in [1.82, 2.24) is 23.2 Å². The van der Waals surface area contributed by atoms with Gasteiger partial charge in [0.1, 0.15) is 53.0 Å². The Kier molecular flexibility index (Phi) is 8.73. The maximum Gasteiger partial charge on any atom is 0.424 e. The number of nitriles is 1. The van der Waals surface area contributed by atoms with Gasteiger partial charge >= 0.3 is 12.2 Å². The van der Waals surface area contributed by atoms with Crippen molar-refractivity contribution in [3.8, 4) is 16.6 Å². The van der Waals surface area contributed by atoms with Gasteiger partial charge in [0.05, 0.1) is 43.2 Å². The highest BCUT2D eigenvalue weighted by molar-refractivity contribution is 7.32. The van der Waals surface area contributed by atoms with Gasteiger partial charge in [-0.2, -0.15) is 18.9 Å². The molecule has 0 unspecified atom stereocenters. The summed E-state index contributed by atoms with van der Waals surface area (Å²) in [5.74, 6) is -2.16. The number of aliphatic imine (C=N–C) groups is 1. The summed E-state index contributed by atoms with van der Waals surface area (Å²) in [7, 11) is 0. The van der Waals surface area contributed by atoms with Crippen molar-refractivity contribution >= 4 is 111 Å². The van der Waals surface area contributed by atoms with E-state index in [1.807, 2.05) is 60.7 Å². The number of benzene rings is 3. The molecule has 16 heteroatoms. The lowest BCUT2D eigenvalue weighted by Crippen LogP contribution is -2.50. The number of hydrogen-bond donors (Lipinski definition) is 0. The third-order valence-corrected chi connectivity index (χ3v) is 12.1. The molecule has 13 nitrogen and oxygen atoms in total. The molecule has 6 heterocycles. The molecule has 272 valence electrons. The largest absolute Gasteiger partial charge is 0.444 e. The fourth-order valence-corrected chi connectivity index (χ4v) is 9.46. The van der Waals surface area contributed by atoms with Crippen LogP contribution in [0, 0.1) is 11.3 Å². The molecule has 0 N–H and O–H groups in total. The van der Waals surface area contributed by atoms with Crippen molar-refractivity contribution in [1.29, 1.82) is 5.26 Å². The molecule has 0 radical (unpaired) electrons. The number of thiophene rings is 2. The number of amides is 3. The van der Waals surface area contributed by atoms with Gasteiger partial charge in [0.15, 0.2) is 0 Å². The van der Waals surface area contributed by atoms with Crippen molar-refractivity contribution in [2.75, 3.05) is 0 Å². The molecule has 0 atom stereocenters. The SMILES string of the molecule is CC1=C(C#N)C(=O)N(C(=O)OCc2ccccc2)C(=O)/C1=N\c1cnc(-c2cc3c(s2)c2sc4ccccc4c2n3C(=O)OCc2ccccc2)c2nsnc12. The van der Waals surface area contributed by atoms with Crippen LogP contribution in [0.3, 0.4) is 0 Å². The lowest BCUT2D eigenvalue weighted by Gasteiger charge is -2.24. The van der Waals surface area contributed by atoms with Crippen LogP contribution in [0.25, 0.3) is 52.1 Å². The van der Waals surface area contributed by atoms with E-state index in [0.717, 1.165) is 42.3 Å². The number of rotatable bonds is 6. The van der Waals surface area contributed by atoms with Gasteiger partial charge in [-0.1, -0.05) is 78.9 Å². The molecule has 0 saturated heterocycles. The second kappa shape index (κ2) is 14.0. The quantitative estimate of drug-likeness (QED) is 0.148. The minimum atomic E-state index is -1.24. The van der Waals surface area contributed by atoms with Crippen LogP contribution in [-0.2, 0) is 32.3 Å². The minimum absolute atomic E-state index is 0.0110. The van der Waals surface area contributed by atoms with Gasteiger partial charge in [-0.05, 0) is 30.2 Å². The first kappa shape index (κ1) is 34.8. The standard InChI is InChI=1S/C40H23N7O6S3/c1-21-25(17-41)37(48)47(40(51)53-20-23-12-6-3-7-13-23)38(49)30(21)43-26-18-42-32(33-31(26)44-56-45-33)29-16-27-35(55-29)36-34(24-14-8-9-15-28(24)54-36)46(27)39(50)52-19-22-10-4-2-5-11-22/h2-16,18H,19-20H2,1H3/b43-30-. The molecule has 3 aromatic carbocycles. The third kappa shape index (κ3) is 5.82. The fraction of sp³-hybridized carbons (Fsp3) is 0.0750. The first-order chi connectivity index (χ1) is 27.3. The first-order valence-electron chi connectivity index (χ1n) is 16.9. The number of pyridine rings is 1. The van der Waals surface area contributed by atoms with E-state index >= 15 is 0 Å². The molecule has 0 spiro atoms. The molecule has 56 heavy (non-hydrogen) atoms. The average molecular weight is 794 g/mol. The first-order valence-corrected chi connectivity index (χ1v) is 19.3. The fourth-order valence-electron chi connectivity index (χ4n) is 6.43. The number of hydrogen-bond acceptors (Lipinski definition) is 14. The van der Waals surface area contributed by atoms with Crippen molar-refractivity contribution in [2.24, 2.45) is 4.99 Å². The smallest absolute Gasteiger partial charge is 0.424 e. The Morgan fingerprint density at radius 2 is 1.48 bits per heavy atom. The molecule has 8 aromatic rings. The second-order valence-corrected chi connectivity index (χ2v) is 15.1. The number of carbonyl (C=O) groups is 4. The normalized spacial score (nSPS) is 14.1. The van der Waals surface area contributed by atoms with Crippen LogP contribution >= 0.6 is 34.4 Å². The predicted molar refractivity (Wildman–Crippen MR) is 213 cm³/mol. The number of aromatic nitrogens is 4. The van der Waals surface area contributed by atoms with E-state index in [9.17, 15) is 24.4 Å². The van der Waals surface area contributed by atoms with Crippen LogP contribution in [0.2, 0.25) is 0 Å². The zero-order chi connectivity index (χ0) is 38.5. The third-order valence-electron chi connectivity index (χ3n) is 9.13. The highest BCUT2D eigenvalue weighted by Gasteiger charge is 2.42. The van der Waals surface area contributed by atoms with Gasteiger partial charge < -0.3 is 9.47 Å². The number of imide groups is 3. The van der Waals surface area contributed by atoms with Crippen LogP contribution in [0.5, 0.6) is 0 Å². The molecule has 0 fully saturated rings. The average Bonchev–Trinajstić information content (AvgIpc) is 4.01. The number of ether oxygens (including phenoxy) is 2. The maximum atomic E-state index is 13.9. The molecule has 1 aliphatic rings. The predicted octanol–water partition coefficient (Wildman–Crippen LogP) is 8.94. The topological polar surface area (TPSA) is 170 Å². The number of nitrogens with zero attached hydrogens (tertiary/aromatic N) is 7. The molecule has 1 aliphatic heterocycles. The van der Waals surface area contributed by atoms with Crippen molar-refractivity contribution in [3.63, 3.8) is 0 Å². The van der Waals surface area contributed by atoms with Gasteiger partial charge in [0.25, 0.3) is 11.8 Å². The molecular weight excluding hydrogens is 771 g/mol. The van der Waals surface area contributed by atoms with E-state index < -0.39 is 29.6 Å². The lowest BCUT2D eigenvalue weighted by molar-refractivity contribution is -0.136. The maximum absolute atomic E-state index is 13.9. The summed E-state index contributed by atoms with van der Waals surface area (Å²) < 4.78 is 24.5. The Hall–Kier alpha value is -6.93. The summed E-state index contributed by atoms with van der Waals surface area (Å²) in [4.78, 5) is 64.1. The van der Waals surface area contributed by atoms with Gasteiger partial charge in [0.2, 0.25) is 0 Å². The minimum Gasteiger partial charge on any atom is -0.444 e. The van der Waals surface area contributed by atoms with Crippen LogP contribution in [0.1, 0.15) is 18.1 Å². The Morgan fingerprint density at radius 1 is 0.821 bits per heavy atom. The molecule has 9 rings (SSSR count). The Bertz CT molecular complexity index is 3050. The van der Waals surface area contributed by atoms with Crippen molar-refractivity contribution in [2.45, 2.75) is 20.1 Å². The van der Waals surface area contributed by atoms with E-state index in [2.05, 4.69) is 13.7 Å². The van der Waals surface area contributed by atoms with Crippen molar-refractivity contribution < 1.29 is 28.7 Å². The highest BCUT2D eigenvalue weighted by atomic mass is 32.1. The monoisotopic (exact) mass is 793 g/mol. The van der Waals surface area contributed by atoms with E-state index in [1.54, 1.807) is 52.3 Å². The molecule has 3 amide bonds. The summed E-state index contributed by atoms with van der Waals surface area (Å²) >= 11 is 3.94. The summed E-state index contributed by atoms with van der Waals surface area (Å²) in [6.45, 7) is 1.31. The van der Waals surface area contributed by atoms with Gasteiger partial charge in [-0.15, -0.1) is 22.7 Å². The van der Waals surface area contributed by atoms with Crippen LogP contribution in [0.4, 0.5) is 15.3 Å². The Balaban J connectivity index is 1.10. The Morgan fingerprint density at radius 3 is 2.20 bits per heavy atom. The van der Waals surface area contributed by atoms with Gasteiger partial charge in [0, 0.05) is 15.7 Å². The zero-order valence-electron chi connectivity index (χ0n) is 29.0. The van der Waals surface area contributed by atoms with E-state index in [1.165, 1.54) is 24.5 Å². The number of carbonyl (C=O) groups excluding carboxylic acids is 4. The van der Waals surface area contributed by atoms with Gasteiger partial charge in [-0.25, -0.2) is 19.1 Å². The summed E-state index contributed by atoms with van der Waals surface area (Å²) in [5, 5.41) is 10.8. The van der Waals surface area contributed by atoms with Crippen LogP contribution in [0.15, 0.2) is 113 Å². The zero-order valence-corrected chi connectivity index (χ0v) is 31.4. The number of fused-ring (bicyclic) bond motifs is 6. The summed E-state index contributed by atoms with van der Waals surface area (Å²) in [5.41, 5.74) is 3.44. The molecule has 0 bridgehead atoms. The Labute approximate surface area is 328 Å². The molecule has 0 saturated carbocycles. The van der Waals surface area contributed by atoms with Gasteiger partial charge in [-0.3, -0.25) is 14.6 Å². The molecule has 0 aliphatic carbocycles. The summed E-state index contributed by atoms with van der Waals surface area (Å²) in [6, 6.07) is 29.8. The van der Waals surface area contributed by atoms with E-state index in [4.69, 9.17) is 14.5 Å². The molecule has 5 aromatic heterocycles. The van der Waals surface area contributed by atoms with E-state index in [0.29, 0.717) is 32.7 Å². The van der Waals surface area contributed by atoms with Crippen LogP contribution < -0.4 is 0 Å². The van der Waals surface area contributed by atoms with E-state index in [-0.39, 0.29) is 35.1 Å². The summed E-state index contributed by atoms with van der Waals surface area (Å²) in [6.07, 6.45) is -0.346. The van der Waals surface area contributed by atoms with Crippen LogP contribution in [-0.4, -0.2) is 52.9 Å². The highest BCUT2D eigenvalue weighted by Crippen LogP contribution is 2.47. The second-order valence-electron chi connectivity index (χ2n) is 12.5.